The van der Waals surface area contributed by atoms with Gasteiger partial charge in [-0.3, -0.25) is 5.43 Å². The summed E-state index contributed by atoms with van der Waals surface area (Å²) in [6, 6.07) is 6.56. The molecule has 1 aromatic carbocycles. The normalized spacial score (nSPS) is 15.9. The molecule has 2 rings (SSSR count). The molecule has 1 saturated carbocycles. The Hall–Kier alpha value is -1.84. The topological polar surface area (TPSA) is 61.7 Å². The fraction of sp³-hybridized carbons (Fsp3) is 0.333. The smallest absolute Gasteiger partial charge is 0.335 e. The summed E-state index contributed by atoms with van der Waals surface area (Å²) in [5.41, 5.74) is 5.14. The van der Waals surface area contributed by atoms with Crippen molar-refractivity contribution in [3.05, 3.63) is 29.8 Å². The SMILES string of the molecule is CC(=NNc1ccc(C(=O)O)cc1)C1CC1. The highest BCUT2D eigenvalue weighted by Gasteiger charge is 2.24. The maximum absolute atomic E-state index is 10.6. The zero-order chi connectivity index (χ0) is 11.5. The van der Waals surface area contributed by atoms with Crippen LogP contribution in [-0.4, -0.2) is 16.8 Å². The fourth-order valence-corrected chi connectivity index (χ4v) is 1.43. The van der Waals surface area contributed by atoms with E-state index in [1.165, 1.54) is 12.8 Å². The summed E-state index contributed by atoms with van der Waals surface area (Å²) in [6.07, 6.45) is 2.46. The molecule has 0 unspecified atom stereocenters. The molecule has 0 atom stereocenters. The number of carboxylic acid groups (broad SMARTS) is 1. The number of carboxylic acids is 1. The van der Waals surface area contributed by atoms with Crippen LogP contribution in [0, 0.1) is 5.92 Å². The van der Waals surface area contributed by atoms with Gasteiger partial charge in [-0.25, -0.2) is 4.79 Å². The molecule has 1 aliphatic carbocycles. The van der Waals surface area contributed by atoms with E-state index >= 15 is 0 Å². The zero-order valence-electron chi connectivity index (χ0n) is 9.10. The van der Waals surface area contributed by atoms with Crippen LogP contribution in [0.1, 0.15) is 30.1 Å². The first-order chi connectivity index (χ1) is 7.66. The summed E-state index contributed by atoms with van der Waals surface area (Å²) in [5.74, 6) is -0.269. The minimum Gasteiger partial charge on any atom is -0.478 e. The van der Waals surface area contributed by atoms with E-state index < -0.39 is 5.97 Å². The summed E-state index contributed by atoms with van der Waals surface area (Å²) in [4.78, 5) is 10.6. The molecule has 0 aliphatic heterocycles. The fourth-order valence-electron chi connectivity index (χ4n) is 1.43. The Morgan fingerprint density at radius 1 is 1.38 bits per heavy atom. The van der Waals surface area contributed by atoms with Crippen molar-refractivity contribution < 1.29 is 9.90 Å². The Kier molecular flexibility index (Phi) is 2.90. The van der Waals surface area contributed by atoms with Crippen LogP contribution < -0.4 is 5.43 Å². The molecule has 84 valence electrons. The standard InChI is InChI=1S/C12H14N2O2/c1-8(9-2-3-9)13-14-11-6-4-10(5-7-11)12(15)16/h4-7,9,14H,2-3H2,1H3,(H,15,16). The van der Waals surface area contributed by atoms with Crippen LogP contribution in [-0.2, 0) is 0 Å². The second-order valence-electron chi connectivity index (χ2n) is 4.02. The third-order valence-corrected chi connectivity index (χ3v) is 2.66. The predicted octanol–water partition coefficient (Wildman–Crippen LogP) is 2.58. The van der Waals surface area contributed by atoms with Crippen LogP contribution in [0.5, 0.6) is 0 Å². The maximum atomic E-state index is 10.6. The number of hydrogen-bond donors (Lipinski definition) is 2. The van der Waals surface area contributed by atoms with Crippen LogP contribution in [0.25, 0.3) is 0 Å². The van der Waals surface area contributed by atoms with E-state index in [-0.39, 0.29) is 5.56 Å². The average molecular weight is 218 g/mol. The van der Waals surface area contributed by atoms with Gasteiger partial charge in [-0.2, -0.15) is 5.10 Å². The number of nitrogens with one attached hydrogen (secondary N) is 1. The molecule has 0 amide bonds. The number of benzene rings is 1. The number of hydrogen-bond acceptors (Lipinski definition) is 3. The van der Waals surface area contributed by atoms with Crippen molar-refractivity contribution in [3.63, 3.8) is 0 Å². The molecular formula is C12H14N2O2. The molecule has 4 nitrogen and oxygen atoms in total. The van der Waals surface area contributed by atoms with Crippen LogP contribution in [0.15, 0.2) is 29.4 Å². The van der Waals surface area contributed by atoms with Gasteiger partial charge in [-0.05, 0) is 49.9 Å². The summed E-state index contributed by atoms with van der Waals surface area (Å²) < 4.78 is 0. The molecule has 0 heterocycles. The molecule has 0 bridgehead atoms. The number of anilines is 1. The largest absolute Gasteiger partial charge is 0.478 e. The van der Waals surface area contributed by atoms with Crippen LogP contribution in [0.4, 0.5) is 5.69 Å². The van der Waals surface area contributed by atoms with E-state index in [0.717, 1.165) is 11.4 Å². The Balaban J connectivity index is 1.99. The average Bonchev–Trinajstić information content (AvgIpc) is 3.10. The van der Waals surface area contributed by atoms with Crippen molar-refractivity contribution in [1.82, 2.24) is 0 Å². The van der Waals surface area contributed by atoms with Gasteiger partial charge >= 0.3 is 5.97 Å². The van der Waals surface area contributed by atoms with Gasteiger partial charge in [0.2, 0.25) is 0 Å². The van der Waals surface area contributed by atoms with Gasteiger partial charge in [-0.1, -0.05) is 0 Å². The second-order valence-corrected chi connectivity index (χ2v) is 4.02. The molecular weight excluding hydrogens is 204 g/mol. The Labute approximate surface area is 94.0 Å². The molecule has 1 aromatic rings. The van der Waals surface area contributed by atoms with Gasteiger partial charge in [0.05, 0.1) is 11.3 Å². The molecule has 0 saturated heterocycles. The minimum atomic E-state index is -0.913. The van der Waals surface area contributed by atoms with Gasteiger partial charge in [0.1, 0.15) is 0 Å². The highest BCUT2D eigenvalue weighted by atomic mass is 16.4. The first-order valence-corrected chi connectivity index (χ1v) is 5.30. The lowest BCUT2D eigenvalue weighted by atomic mass is 10.2. The molecule has 0 spiro atoms. The Bertz CT molecular complexity index is 419. The molecule has 4 heteroatoms. The van der Waals surface area contributed by atoms with Crippen LogP contribution >= 0.6 is 0 Å². The van der Waals surface area contributed by atoms with Crippen molar-refractivity contribution in [2.75, 3.05) is 5.43 Å². The maximum Gasteiger partial charge on any atom is 0.335 e. The first-order valence-electron chi connectivity index (χ1n) is 5.30. The predicted molar refractivity (Wildman–Crippen MR) is 62.9 cm³/mol. The zero-order valence-corrected chi connectivity index (χ0v) is 9.10. The quantitative estimate of drug-likeness (QED) is 0.603. The van der Waals surface area contributed by atoms with Crippen LogP contribution in [0.2, 0.25) is 0 Å². The summed E-state index contributed by atoms with van der Waals surface area (Å²) >= 11 is 0. The lowest BCUT2D eigenvalue weighted by Crippen LogP contribution is -2.00. The number of hydrazone groups is 1. The summed E-state index contributed by atoms with van der Waals surface area (Å²) in [6.45, 7) is 2.01. The molecule has 1 fully saturated rings. The van der Waals surface area contributed by atoms with E-state index in [2.05, 4.69) is 10.5 Å². The number of aromatic carboxylic acids is 1. The van der Waals surface area contributed by atoms with Crippen molar-refractivity contribution in [1.29, 1.82) is 0 Å². The van der Waals surface area contributed by atoms with Gasteiger partial charge in [0, 0.05) is 5.71 Å². The second kappa shape index (κ2) is 4.35. The molecule has 0 aromatic heterocycles. The highest BCUT2D eigenvalue weighted by molar-refractivity contribution is 5.88. The Morgan fingerprint density at radius 3 is 2.50 bits per heavy atom. The Morgan fingerprint density at radius 2 is 2.00 bits per heavy atom. The number of carbonyl (C=O) groups is 1. The minimum absolute atomic E-state index is 0.286. The molecule has 0 radical (unpaired) electrons. The van der Waals surface area contributed by atoms with Crippen molar-refractivity contribution in [2.24, 2.45) is 11.0 Å². The third kappa shape index (κ3) is 2.59. The van der Waals surface area contributed by atoms with E-state index in [0.29, 0.717) is 5.92 Å². The summed E-state index contributed by atoms with van der Waals surface area (Å²) in [5, 5.41) is 13.0. The first kappa shape index (κ1) is 10.7. The van der Waals surface area contributed by atoms with Crippen LogP contribution in [0.3, 0.4) is 0 Å². The summed E-state index contributed by atoms with van der Waals surface area (Å²) in [7, 11) is 0. The molecule has 1 aliphatic rings. The van der Waals surface area contributed by atoms with Crippen molar-refractivity contribution in [2.45, 2.75) is 19.8 Å². The van der Waals surface area contributed by atoms with Gasteiger partial charge in [0.15, 0.2) is 0 Å². The number of rotatable bonds is 4. The highest BCUT2D eigenvalue weighted by Crippen LogP contribution is 2.30. The van der Waals surface area contributed by atoms with E-state index in [1.54, 1.807) is 24.3 Å². The lowest BCUT2D eigenvalue weighted by molar-refractivity contribution is 0.0697. The molecule has 2 N–H and O–H groups in total. The number of nitrogens with zero attached hydrogens (tertiary/aromatic N) is 1. The monoisotopic (exact) mass is 218 g/mol. The van der Waals surface area contributed by atoms with Crippen molar-refractivity contribution >= 4 is 17.4 Å². The van der Waals surface area contributed by atoms with Gasteiger partial charge in [0.25, 0.3) is 0 Å². The van der Waals surface area contributed by atoms with Gasteiger partial charge < -0.3 is 5.11 Å². The van der Waals surface area contributed by atoms with E-state index in [4.69, 9.17) is 5.11 Å². The van der Waals surface area contributed by atoms with E-state index in [9.17, 15) is 4.79 Å². The lowest BCUT2D eigenvalue weighted by Gasteiger charge is -2.02. The third-order valence-electron chi connectivity index (χ3n) is 2.66. The van der Waals surface area contributed by atoms with E-state index in [1.807, 2.05) is 6.92 Å². The van der Waals surface area contributed by atoms with Crippen molar-refractivity contribution in [3.8, 4) is 0 Å². The van der Waals surface area contributed by atoms with Gasteiger partial charge in [-0.15, -0.1) is 0 Å². The molecule has 16 heavy (non-hydrogen) atoms.